The summed E-state index contributed by atoms with van der Waals surface area (Å²) in [5, 5.41) is 13.4. The molecule has 0 aliphatic carbocycles. The molecule has 11 nitrogen and oxygen atoms in total. The number of pyridine rings is 1. The molecule has 4 heterocycles. The van der Waals surface area contributed by atoms with Gasteiger partial charge in [-0.2, -0.15) is 10.1 Å². The third kappa shape index (κ3) is 5.72. The van der Waals surface area contributed by atoms with Crippen LogP contribution in [0, 0.1) is 13.8 Å². The maximum absolute atomic E-state index is 12.8. The first kappa shape index (κ1) is 23.3. The fraction of sp³-hybridized carbons (Fsp3) is 0.435. The van der Waals surface area contributed by atoms with Crippen LogP contribution >= 0.6 is 0 Å². The number of hydrogen-bond donors (Lipinski definition) is 3. The zero-order valence-electron chi connectivity index (χ0n) is 20.0. The van der Waals surface area contributed by atoms with Gasteiger partial charge in [0.05, 0.1) is 12.6 Å². The van der Waals surface area contributed by atoms with Crippen molar-refractivity contribution in [1.82, 2.24) is 35.4 Å². The number of hydrogen-bond acceptors (Lipinski definition) is 8. The number of aromatic amines is 1. The number of H-pyrrole nitrogens is 1. The van der Waals surface area contributed by atoms with Gasteiger partial charge in [0.2, 0.25) is 11.8 Å². The molecule has 11 heteroatoms. The van der Waals surface area contributed by atoms with Crippen LogP contribution in [0.5, 0.6) is 5.88 Å². The summed E-state index contributed by atoms with van der Waals surface area (Å²) in [4.78, 5) is 30.2. The molecule has 0 aromatic carbocycles. The van der Waals surface area contributed by atoms with Gasteiger partial charge in [-0.05, 0) is 33.3 Å². The van der Waals surface area contributed by atoms with Crippen LogP contribution in [-0.4, -0.2) is 68.9 Å². The quantitative estimate of drug-likeness (QED) is 0.487. The number of carbonyl (C=O) groups excluding carboxylic acids is 1. The van der Waals surface area contributed by atoms with Crippen molar-refractivity contribution in [2.45, 2.75) is 33.7 Å². The molecule has 1 fully saturated rings. The second-order valence-electron chi connectivity index (χ2n) is 8.26. The molecule has 1 atom stereocenters. The molecular weight excluding hydrogens is 434 g/mol. The van der Waals surface area contributed by atoms with Crippen molar-refractivity contribution in [2.24, 2.45) is 0 Å². The van der Waals surface area contributed by atoms with Crippen molar-refractivity contribution >= 4 is 23.6 Å². The first-order valence-electron chi connectivity index (χ1n) is 11.4. The molecule has 34 heavy (non-hydrogen) atoms. The molecule has 0 unspecified atom stereocenters. The summed E-state index contributed by atoms with van der Waals surface area (Å²) in [5.74, 6) is 2.62. The van der Waals surface area contributed by atoms with Crippen molar-refractivity contribution in [3.8, 4) is 5.88 Å². The molecule has 0 saturated carbocycles. The summed E-state index contributed by atoms with van der Waals surface area (Å²) >= 11 is 0. The predicted molar refractivity (Wildman–Crippen MR) is 130 cm³/mol. The Hall–Kier alpha value is -3.89. The van der Waals surface area contributed by atoms with Crippen LogP contribution in [0.4, 0.5) is 22.4 Å². The van der Waals surface area contributed by atoms with E-state index in [9.17, 15) is 4.79 Å². The van der Waals surface area contributed by atoms with Crippen LogP contribution in [0.1, 0.15) is 36.8 Å². The van der Waals surface area contributed by atoms with E-state index in [1.807, 2.05) is 56.9 Å². The van der Waals surface area contributed by atoms with Crippen LogP contribution in [0.15, 0.2) is 30.5 Å². The smallest absolute Gasteiger partial charge is 0.317 e. The molecule has 3 aromatic heterocycles. The van der Waals surface area contributed by atoms with Gasteiger partial charge in [0.15, 0.2) is 5.82 Å². The molecule has 1 saturated heterocycles. The van der Waals surface area contributed by atoms with E-state index >= 15 is 0 Å². The van der Waals surface area contributed by atoms with Crippen LogP contribution in [0.3, 0.4) is 0 Å². The topological polar surface area (TPSA) is 124 Å². The van der Waals surface area contributed by atoms with E-state index in [-0.39, 0.29) is 12.1 Å². The van der Waals surface area contributed by atoms with E-state index in [4.69, 9.17) is 4.74 Å². The molecule has 4 rings (SSSR count). The van der Waals surface area contributed by atoms with E-state index < -0.39 is 0 Å². The van der Waals surface area contributed by atoms with Gasteiger partial charge in [-0.1, -0.05) is 6.07 Å². The first-order chi connectivity index (χ1) is 16.4. The largest absolute Gasteiger partial charge is 0.478 e. The van der Waals surface area contributed by atoms with E-state index in [1.54, 1.807) is 6.20 Å². The highest BCUT2D eigenvalue weighted by Gasteiger charge is 2.24. The van der Waals surface area contributed by atoms with Crippen molar-refractivity contribution in [1.29, 1.82) is 0 Å². The Kier molecular flexibility index (Phi) is 7.09. The zero-order chi connectivity index (χ0) is 24.1. The highest BCUT2D eigenvalue weighted by molar-refractivity contribution is 5.75. The highest BCUT2D eigenvalue weighted by atomic mass is 16.5. The fourth-order valence-corrected chi connectivity index (χ4v) is 3.72. The monoisotopic (exact) mass is 465 g/mol. The first-order valence-corrected chi connectivity index (χ1v) is 11.4. The van der Waals surface area contributed by atoms with Crippen molar-refractivity contribution in [3.63, 3.8) is 0 Å². The molecule has 180 valence electrons. The van der Waals surface area contributed by atoms with Crippen molar-refractivity contribution in [2.75, 3.05) is 43.0 Å². The van der Waals surface area contributed by atoms with Gasteiger partial charge in [0.25, 0.3) is 0 Å². The summed E-state index contributed by atoms with van der Waals surface area (Å²) in [5.41, 5.74) is 2.75. The lowest BCUT2D eigenvalue weighted by Crippen LogP contribution is -2.52. The fourth-order valence-electron chi connectivity index (χ4n) is 3.72. The maximum Gasteiger partial charge on any atom is 0.317 e. The standard InChI is InChI=1S/C23H31N9O2/c1-5-34-21-7-6-18(14-24-21)17(4)26-23(33)32-10-8-31(9-11-32)22-25-15(2)12-19(28-22)27-20-13-16(3)29-30-20/h6-7,12-14,17H,5,8-11H2,1-4H3,(H,26,33)(H2,25,27,28,29,30)/t17-/m0/s1. The molecule has 0 radical (unpaired) electrons. The molecule has 3 N–H and O–H groups in total. The Morgan fingerprint density at radius 1 is 1.15 bits per heavy atom. The van der Waals surface area contributed by atoms with Crippen molar-refractivity contribution < 1.29 is 9.53 Å². The number of nitrogens with zero attached hydrogens (tertiary/aromatic N) is 6. The molecule has 0 bridgehead atoms. The number of amides is 2. The minimum atomic E-state index is -0.159. The van der Waals surface area contributed by atoms with Crippen molar-refractivity contribution in [3.05, 3.63) is 47.4 Å². The van der Waals surface area contributed by atoms with Crippen LogP contribution in [-0.2, 0) is 0 Å². The summed E-state index contributed by atoms with van der Waals surface area (Å²) in [6.07, 6.45) is 1.74. The lowest BCUT2D eigenvalue weighted by molar-refractivity contribution is 0.191. The number of anilines is 3. The molecule has 1 aliphatic rings. The van der Waals surface area contributed by atoms with Gasteiger partial charge >= 0.3 is 6.03 Å². The normalized spacial score (nSPS) is 14.6. The number of ether oxygens (including phenoxy) is 1. The third-order valence-corrected chi connectivity index (χ3v) is 5.55. The summed E-state index contributed by atoms with van der Waals surface area (Å²) in [6, 6.07) is 7.29. The molecular formula is C23H31N9O2. The molecule has 3 aromatic rings. The number of piperazine rings is 1. The Labute approximate surface area is 199 Å². The van der Waals surface area contributed by atoms with Crippen LogP contribution < -0.4 is 20.3 Å². The summed E-state index contributed by atoms with van der Waals surface area (Å²) in [6.45, 7) is 10.8. The second kappa shape index (κ2) is 10.4. The number of rotatable bonds is 7. The van der Waals surface area contributed by atoms with E-state index in [2.05, 4.69) is 40.7 Å². The van der Waals surface area contributed by atoms with Gasteiger partial charge in [-0.3, -0.25) is 5.10 Å². The Balaban J connectivity index is 1.32. The summed E-state index contributed by atoms with van der Waals surface area (Å²) < 4.78 is 5.38. The van der Waals surface area contributed by atoms with Crippen LogP contribution in [0.2, 0.25) is 0 Å². The Morgan fingerprint density at radius 3 is 2.59 bits per heavy atom. The average Bonchev–Trinajstić information content (AvgIpc) is 3.23. The molecule has 2 amide bonds. The molecule has 1 aliphatic heterocycles. The average molecular weight is 466 g/mol. The predicted octanol–water partition coefficient (Wildman–Crippen LogP) is 2.95. The van der Waals surface area contributed by atoms with Gasteiger partial charge < -0.3 is 25.2 Å². The van der Waals surface area contributed by atoms with Gasteiger partial charge in [0, 0.05) is 62.0 Å². The zero-order valence-corrected chi connectivity index (χ0v) is 20.0. The number of nitrogens with one attached hydrogen (secondary N) is 3. The lowest BCUT2D eigenvalue weighted by atomic mass is 10.1. The maximum atomic E-state index is 12.8. The van der Waals surface area contributed by atoms with Gasteiger partial charge in [-0.15, -0.1) is 0 Å². The minimum absolute atomic E-state index is 0.0950. The lowest BCUT2D eigenvalue weighted by Gasteiger charge is -2.35. The Bertz CT molecular complexity index is 1110. The summed E-state index contributed by atoms with van der Waals surface area (Å²) in [7, 11) is 0. The van der Waals surface area contributed by atoms with E-state index in [1.165, 1.54) is 0 Å². The number of carbonyl (C=O) groups is 1. The van der Waals surface area contributed by atoms with E-state index in [0.29, 0.717) is 56.2 Å². The van der Waals surface area contributed by atoms with Gasteiger partial charge in [0.1, 0.15) is 5.82 Å². The number of urea groups is 1. The number of aromatic nitrogens is 5. The highest BCUT2D eigenvalue weighted by Crippen LogP contribution is 2.20. The number of aryl methyl sites for hydroxylation is 2. The van der Waals surface area contributed by atoms with Crippen LogP contribution in [0.25, 0.3) is 0 Å². The van der Waals surface area contributed by atoms with Gasteiger partial charge in [-0.25, -0.2) is 14.8 Å². The third-order valence-electron chi connectivity index (χ3n) is 5.55. The molecule has 0 spiro atoms. The Morgan fingerprint density at radius 2 is 1.94 bits per heavy atom. The second-order valence-corrected chi connectivity index (χ2v) is 8.26. The minimum Gasteiger partial charge on any atom is -0.478 e. The van der Waals surface area contributed by atoms with E-state index in [0.717, 1.165) is 17.0 Å². The SMILES string of the molecule is CCOc1ccc([C@H](C)NC(=O)N2CCN(c3nc(C)cc(Nc4cc(C)[nH]n4)n3)CC2)cn1.